The summed E-state index contributed by atoms with van der Waals surface area (Å²) in [7, 11) is 0. The van der Waals surface area contributed by atoms with Crippen molar-refractivity contribution in [2.45, 2.75) is 6.42 Å². The lowest BCUT2D eigenvalue weighted by Gasteiger charge is -2.14. The minimum absolute atomic E-state index is 0.170. The SMILES string of the molecule is O=[N+]([O-])c1ccccc1Cc1ccc(-c2ccc3ccc4cccc5ccc2c3c45)cc1. The third kappa shape index (κ3) is 2.90. The highest BCUT2D eigenvalue weighted by Gasteiger charge is 2.14. The van der Waals surface area contributed by atoms with Crippen molar-refractivity contribution in [3.8, 4) is 11.1 Å². The van der Waals surface area contributed by atoms with E-state index in [-0.39, 0.29) is 10.6 Å². The Hall–Kier alpha value is -4.24. The minimum atomic E-state index is -0.311. The zero-order valence-electron chi connectivity index (χ0n) is 17.3. The average molecular weight is 413 g/mol. The summed E-state index contributed by atoms with van der Waals surface area (Å²) in [6, 6.07) is 35.0. The minimum Gasteiger partial charge on any atom is -0.258 e. The van der Waals surface area contributed by atoms with Crippen LogP contribution in [0.4, 0.5) is 5.69 Å². The zero-order valence-corrected chi connectivity index (χ0v) is 17.3. The Balaban J connectivity index is 1.44. The molecule has 0 unspecified atom stereocenters. The van der Waals surface area contributed by atoms with Gasteiger partial charge in [-0.25, -0.2) is 0 Å². The number of hydrogen-bond acceptors (Lipinski definition) is 2. The fourth-order valence-electron chi connectivity index (χ4n) is 4.85. The summed E-state index contributed by atoms with van der Waals surface area (Å²) in [4.78, 5) is 11.0. The molecule has 6 aromatic rings. The van der Waals surface area contributed by atoms with Crippen LogP contribution in [-0.4, -0.2) is 4.92 Å². The van der Waals surface area contributed by atoms with E-state index in [1.807, 2.05) is 12.1 Å². The summed E-state index contributed by atoms with van der Waals surface area (Å²) in [5.41, 5.74) is 4.30. The van der Waals surface area contributed by atoms with Crippen molar-refractivity contribution in [3.05, 3.63) is 124 Å². The Kier molecular flexibility index (Phi) is 4.15. The summed E-state index contributed by atoms with van der Waals surface area (Å²) < 4.78 is 0. The molecule has 0 saturated heterocycles. The van der Waals surface area contributed by atoms with E-state index in [4.69, 9.17) is 0 Å². The van der Waals surface area contributed by atoms with Crippen LogP contribution in [-0.2, 0) is 6.42 Å². The van der Waals surface area contributed by atoms with Crippen LogP contribution < -0.4 is 0 Å². The van der Waals surface area contributed by atoms with Crippen LogP contribution in [0, 0.1) is 10.1 Å². The molecule has 0 atom stereocenters. The van der Waals surface area contributed by atoms with E-state index in [2.05, 4.69) is 78.9 Å². The highest BCUT2D eigenvalue weighted by Crippen LogP contribution is 2.39. The lowest BCUT2D eigenvalue weighted by Crippen LogP contribution is -1.96. The predicted octanol–water partition coefficient (Wildman–Crippen LogP) is 7.75. The van der Waals surface area contributed by atoms with Gasteiger partial charge in [-0.3, -0.25) is 10.1 Å². The van der Waals surface area contributed by atoms with Crippen molar-refractivity contribution in [2.24, 2.45) is 0 Å². The summed E-state index contributed by atoms with van der Waals surface area (Å²) in [5, 5.41) is 19.0. The molecule has 0 N–H and O–H groups in total. The zero-order chi connectivity index (χ0) is 21.7. The van der Waals surface area contributed by atoms with Gasteiger partial charge in [0.2, 0.25) is 0 Å². The highest BCUT2D eigenvalue weighted by atomic mass is 16.6. The van der Waals surface area contributed by atoms with E-state index in [1.165, 1.54) is 37.9 Å². The van der Waals surface area contributed by atoms with Gasteiger partial charge in [-0.2, -0.15) is 0 Å². The molecule has 6 aromatic carbocycles. The Morgan fingerprint density at radius 1 is 0.625 bits per heavy atom. The summed E-state index contributed by atoms with van der Waals surface area (Å²) in [6.07, 6.45) is 0.538. The summed E-state index contributed by atoms with van der Waals surface area (Å²) in [6.45, 7) is 0. The monoisotopic (exact) mass is 413 g/mol. The topological polar surface area (TPSA) is 43.1 Å². The molecule has 0 aliphatic heterocycles. The molecule has 3 heteroatoms. The van der Waals surface area contributed by atoms with E-state index < -0.39 is 0 Å². The van der Waals surface area contributed by atoms with Gasteiger partial charge in [0.25, 0.3) is 5.69 Å². The van der Waals surface area contributed by atoms with Crippen LogP contribution in [0.25, 0.3) is 43.4 Å². The van der Waals surface area contributed by atoms with E-state index in [9.17, 15) is 10.1 Å². The van der Waals surface area contributed by atoms with Gasteiger partial charge in [-0.05, 0) is 49.0 Å². The fourth-order valence-corrected chi connectivity index (χ4v) is 4.85. The first-order valence-electron chi connectivity index (χ1n) is 10.7. The maximum absolute atomic E-state index is 11.3. The molecule has 0 aromatic heterocycles. The number of para-hydroxylation sites is 1. The van der Waals surface area contributed by atoms with Crippen molar-refractivity contribution in [3.63, 3.8) is 0 Å². The van der Waals surface area contributed by atoms with E-state index >= 15 is 0 Å². The lowest BCUT2D eigenvalue weighted by molar-refractivity contribution is -0.385. The van der Waals surface area contributed by atoms with Crippen molar-refractivity contribution in [1.29, 1.82) is 0 Å². The molecule has 6 rings (SSSR count). The molecular formula is C29H19NO2. The lowest BCUT2D eigenvalue weighted by atomic mass is 9.89. The first kappa shape index (κ1) is 18.5. The van der Waals surface area contributed by atoms with E-state index in [0.29, 0.717) is 6.42 Å². The van der Waals surface area contributed by atoms with Crippen LogP contribution in [0.1, 0.15) is 11.1 Å². The Bertz CT molecular complexity index is 1600. The molecular weight excluding hydrogens is 394 g/mol. The van der Waals surface area contributed by atoms with Crippen molar-refractivity contribution < 1.29 is 4.92 Å². The van der Waals surface area contributed by atoms with Gasteiger partial charge in [-0.15, -0.1) is 0 Å². The second kappa shape index (κ2) is 7.17. The largest absolute Gasteiger partial charge is 0.272 e. The van der Waals surface area contributed by atoms with Crippen molar-refractivity contribution in [1.82, 2.24) is 0 Å². The molecule has 0 heterocycles. The van der Waals surface area contributed by atoms with Gasteiger partial charge < -0.3 is 0 Å². The second-order valence-electron chi connectivity index (χ2n) is 8.23. The smallest absolute Gasteiger partial charge is 0.258 e. The number of nitro groups is 1. The van der Waals surface area contributed by atoms with E-state index in [1.54, 1.807) is 12.1 Å². The summed E-state index contributed by atoms with van der Waals surface area (Å²) >= 11 is 0. The first-order valence-corrected chi connectivity index (χ1v) is 10.7. The van der Waals surface area contributed by atoms with Gasteiger partial charge in [0.05, 0.1) is 4.92 Å². The van der Waals surface area contributed by atoms with Crippen LogP contribution in [0.15, 0.2) is 103 Å². The Morgan fingerprint density at radius 3 is 2.03 bits per heavy atom. The van der Waals surface area contributed by atoms with Gasteiger partial charge in [0.1, 0.15) is 0 Å². The maximum atomic E-state index is 11.3. The van der Waals surface area contributed by atoms with Gasteiger partial charge >= 0.3 is 0 Å². The second-order valence-corrected chi connectivity index (χ2v) is 8.23. The van der Waals surface area contributed by atoms with Crippen molar-refractivity contribution >= 4 is 38.0 Å². The van der Waals surface area contributed by atoms with Crippen molar-refractivity contribution in [2.75, 3.05) is 0 Å². The number of nitro benzene ring substituents is 1. The van der Waals surface area contributed by atoms with Gasteiger partial charge in [-0.1, -0.05) is 97.1 Å². The van der Waals surface area contributed by atoms with Gasteiger partial charge in [0.15, 0.2) is 0 Å². The van der Waals surface area contributed by atoms with Gasteiger partial charge in [0, 0.05) is 18.1 Å². The van der Waals surface area contributed by atoms with E-state index in [0.717, 1.165) is 16.7 Å². The number of nitrogens with zero attached hydrogens (tertiary/aromatic N) is 1. The molecule has 0 bridgehead atoms. The molecule has 3 nitrogen and oxygen atoms in total. The standard InChI is InChI=1S/C29H19NO2/c31-30(32)27-7-2-1-4-24(27)18-19-8-10-20(11-9-19)25-16-14-23-13-12-21-5-3-6-22-15-17-26(25)29(23)28(21)22/h1-17H,18H2. The molecule has 0 amide bonds. The average Bonchev–Trinajstić information content (AvgIpc) is 2.83. The quantitative estimate of drug-likeness (QED) is 0.168. The Labute approximate surface area is 185 Å². The molecule has 0 fully saturated rings. The molecule has 0 radical (unpaired) electrons. The van der Waals surface area contributed by atoms with Crippen LogP contribution in [0.3, 0.4) is 0 Å². The maximum Gasteiger partial charge on any atom is 0.272 e. The third-order valence-electron chi connectivity index (χ3n) is 6.38. The molecule has 152 valence electrons. The van der Waals surface area contributed by atoms with Crippen LogP contribution in [0.2, 0.25) is 0 Å². The predicted molar refractivity (Wildman–Crippen MR) is 131 cm³/mol. The number of rotatable bonds is 4. The molecule has 0 aliphatic rings. The Morgan fingerprint density at radius 2 is 1.28 bits per heavy atom. The normalized spacial score (nSPS) is 11.5. The van der Waals surface area contributed by atoms with Crippen LogP contribution >= 0.6 is 0 Å². The summed E-state index contributed by atoms with van der Waals surface area (Å²) in [5.74, 6) is 0. The first-order chi connectivity index (χ1) is 15.7. The molecule has 0 spiro atoms. The fraction of sp³-hybridized carbons (Fsp3) is 0.0345. The molecule has 32 heavy (non-hydrogen) atoms. The number of hydrogen-bond donors (Lipinski definition) is 0. The molecule has 0 saturated carbocycles. The third-order valence-corrected chi connectivity index (χ3v) is 6.38. The van der Waals surface area contributed by atoms with Crippen LogP contribution in [0.5, 0.6) is 0 Å². The number of benzene rings is 6. The highest BCUT2D eigenvalue weighted by molar-refractivity contribution is 6.25. The molecule has 0 aliphatic carbocycles.